The molecule has 3 heteroatoms. The Morgan fingerprint density at radius 3 is 2.12 bits per heavy atom. The lowest BCUT2D eigenvalue weighted by Gasteiger charge is -2.27. The number of benzene rings is 2. The third-order valence-corrected chi connectivity index (χ3v) is 5.22. The quantitative estimate of drug-likeness (QED) is 0.702. The van der Waals surface area contributed by atoms with E-state index in [9.17, 15) is 0 Å². The van der Waals surface area contributed by atoms with Crippen molar-refractivity contribution in [3.05, 3.63) is 48.5 Å². The Morgan fingerprint density at radius 1 is 0.917 bits per heavy atom. The van der Waals surface area contributed by atoms with Gasteiger partial charge in [-0.25, -0.2) is 0 Å². The van der Waals surface area contributed by atoms with Gasteiger partial charge in [0.1, 0.15) is 0 Å². The largest absolute Gasteiger partial charge is 0.379 e. The van der Waals surface area contributed by atoms with Crippen LogP contribution in [0.4, 0.5) is 0 Å². The Kier molecular flexibility index (Phi) is 4.54. The fraction of sp³-hybridized carbons (Fsp3) is 0.429. The summed E-state index contributed by atoms with van der Waals surface area (Å²) in [7, 11) is 0. The Bertz CT molecular complexity index is 764. The molecule has 1 aliphatic rings. The number of hydrogen-bond donors (Lipinski definition) is 0. The van der Waals surface area contributed by atoms with E-state index in [0.29, 0.717) is 5.92 Å². The highest BCUT2D eigenvalue weighted by Gasteiger charge is 2.14. The minimum absolute atomic E-state index is 0.659. The number of hydrogen-bond acceptors (Lipinski definition) is 2. The Morgan fingerprint density at radius 2 is 1.50 bits per heavy atom. The number of rotatable bonds is 5. The van der Waals surface area contributed by atoms with E-state index in [1.165, 1.54) is 34.8 Å². The van der Waals surface area contributed by atoms with Gasteiger partial charge in [0.25, 0.3) is 0 Å². The van der Waals surface area contributed by atoms with Crippen LogP contribution in [-0.4, -0.2) is 42.3 Å². The zero-order chi connectivity index (χ0) is 16.4. The summed E-state index contributed by atoms with van der Waals surface area (Å²) < 4.78 is 7.95. The zero-order valence-electron chi connectivity index (χ0n) is 14.4. The van der Waals surface area contributed by atoms with Crippen LogP contribution < -0.4 is 0 Å². The molecule has 1 aromatic heterocycles. The van der Waals surface area contributed by atoms with Crippen LogP contribution in [0.25, 0.3) is 21.8 Å². The fourth-order valence-corrected chi connectivity index (χ4v) is 3.83. The number of nitrogens with zero attached hydrogens (tertiary/aromatic N) is 2. The molecule has 126 valence electrons. The molecule has 0 saturated carbocycles. The zero-order valence-corrected chi connectivity index (χ0v) is 14.4. The van der Waals surface area contributed by atoms with Gasteiger partial charge in [-0.05, 0) is 31.0 Å². The van der Waals surface area contributed by atoms with Gasteiger partial charge in [-0.1, -0.05) is 43.3 Å². The van der Waals surface area contributed by atoms with Gasteiger partial charge in [-0.15, -0.1) is 0 Å². The van der Waals surface area contributed by atoms with Crippen LogP contribution in [0.15, 0.2) is 48.5 Å². The van der Waals surface area contributed by atoms with Crippen LogP contribution in [0.1, 0.15) is 13.3 Å². The van der Waals surface area contributed by atoms with Gasteiger partial charge in [0.2, 0.25) is 0 Å². The van der Waals surface area contributed by atoms with Crippen molar-refractivity contribution in [3.8, 4) is 0 Å². The number of aromatic nitrogens is 1. The summed E-state index contributed by atoms with van der Waals surface area (Å²) in [5, 5.41) is 2.74. The number of morpholine rings is 1. The van der Waals surface area contributed by atoms with E-state index in [2.05, 4.69) is 64.9 Å². The first-order chi connectivity index (χ1) is 11.8. The van der Waals surface area contributed by atoms with Crippen molar-refractivity contribution in [2.24, 2.45) is 5.92 Å². The predicted octanol–water partition coefficient (Wildman–Crippen LogP) is 4.15. The molecule has 0 radical (unpaired) electrons. The van der Waals surface area contributed by atoms with Crippen LogP contribution >= 0.6 is 0 Å². The molecule has 3 nitrogen and oxygen atoms in total. The van der Waals surface area contributed by atoms with Crippen molar-refractivity contribution in [1.29, 1.82) is 0 Å². The molecule has 4 rings (SSSR count). The highest BCUT2D eigenvalue weighted by molar-refractivity contribution is 6.07. The minimum atomic E-state index is 0.659. The van der Waals surface area contributed by atoms with Crippen molar-refractivity contribution < 1.29 is 4.74 Å². The first kappa shape index (κ1) is 15.7. The monoisotopic (exact) mass is 322 g/mol. The van der Waals surface area contributed by atoms with Crippen molar-refractivity contribution in [3.63, 3.8) is 0 Å². The van der Waals surface area contributed by atoms with E-state index in [-0.39, 0.29) is 0 Å². The van der Waals surface area contributed by atoms with Crippen LogP contribution in [0, 0.1) is 5.92 Å². The molecule has 1 aliphatic heterocycles. The third-order valence-electron chi connectivity index (χ3n) is 5.22. The number of ether oxygens (including phenoxy) is 1. The van der Waals surface area contributed by atoms with Crippen LogP contribution in [-0.2, 0) is 11.3 Å². The van der Waals surface area contributed by atoms with Crippen LogP contribution in [0.3, 0.4) is 0 Å². The first-order valence-corrected chi connectivity index (χ1v) is 9.09. The standard InChI is InChI=1S/C21H26N2O/c1-17(10-11-22-12-14-24-15-13-22)16-23-20-8-4-2-6-18(20)19-7-3-5-9-21(19)23/h2-9,17H,10-16H2,1H3. The lowest BCUT2D eigenvalue weighted by Crippen LogP contribution is -2.37. The lowest BCUT2D eigenvalue weighted by molar-refractivity contribution is 0.0354. The highest BCUT2D eigenvalue weighted by atomic mass is 16.5. The molecule has 3 aromatic rings. The van der Waals surface area contributed by atoms with Gasteiger partial charge in [0.05, 0.1) is 13.2 Å². The molecule has 1 unspecified atom stereocenters. The normalized spacial score (nSPS) is 17.5. The molecule has 0 N–H and O–H groups in total. The topological polar surface area (TPSA) is 17.4 Å². The second-order valence-corrected chi connectivity index (χ2v) is 6.99. The number of fused-ring (bicyclic) bond motifs is 3. The smallest absolute Gasteiger partial charge is 0.0594 e. The third kappa shape index (κ3) is 3.06. The van der Waals surface area contributed by atoms with E-state index < -0.39 is 0 Å². The van der Waals surface area contributed by atoms with E-state index in [1.54, 1.807) is 0 Å². The second-order valence-electron chi connectivity index (χ2n) is 6.99. The average Bonchev–Trinajstić information content (AvgIpc) is 2.95. The summed E-state index contributed by atoms with van der Waals surface area (Å²) in [6.07, 6.45) is 1.24. The molecule has 0 bridgehead atoms. The maximum Gasteiger partial charge on any atom is 0.0594 e. The SMILES string of the molecule is CC(CCN1CCOCC1)Cn1c2ccccc2c2ccccc21. The maximum absolute atomic E-state index is 5.44. The minimum Gasteiger partial charge on any atom is -0.379 e. The van der Waals surface area contributed by atoms with Gasteiger partial charge < -0.3 is 9.30 Å². The molecule has 1 fully saturated rings. The highest BCUT2D eigenvalue weighted by Crippen LogP contribution is 2.29. The number of para-hydroxylation sites is 2. The van der Waals surface area contributed by atoms with Crippen molar-refractivity contribution in [2.75, 3.05) is 32.8 Å². The maximum atomic E-state index is 5.44. The summed E-state index contributed by atoms with van der Waals surface area (Å²) in [6.45, 7) is 8.59. The van der Waals surface area contributed by atoms with Gasteiger partial charge in [-0.3, -0.25) is 4.90 Å². The molecule has 0 amide bonds. The van der Waals surface area contributed by atoms with E-state index in [0.717, 1.165) is 32.8 Å². The molecule has 1 saturated heterocycles. The molecule has 2 aromatic carbocycles. The Balaban J connectivity index is 1.54. The first-order valence-electron chi connectivity index (χ1n) is 9.09. The van der Waals surface area contributed by atoms with Gasteiger partial charge >= 0.3 is 0 Å². The van der Waals surface area contributed by atoms with E-state index in [1.807, 2.05) is 0 Å². The average molecular weight is 322 g/mol. The van der Waals surface area contributed by atoms with Gasteiger partial charge in [0.15, 0.2) is 0 Å². The molecular weight excluding hydrogens is 296 g/mol. The summed E-state index contributed by atoms with van der Waals surface area (Å²) in [6, 6.07) is 17.6. The summed E-state index contributed by atoms with van der Waals surface area (Å²) >= 11 is 0. The summed E-state index contributed by atoms with van der Waals surface area (Å²) in [4.78, 5) is 2.53. The second kappa shape index (κ2) is 6.96. The molecule has 24 heavy (non-hydrogen) atoms. The van der Waals surface area contributed by atoms with Crippen molar-refractivity contribution >= 4 is 21.8 Å². The molecular formula is C21H26N2O. The Labute approximate surface area is 143 Å². The van der Waals surface area contributed by atoms with E-state index >= 15 is 0 Å². The molecule has 0 spiro atoms. The summed E-state index contributed by atoms with van der Waals surface area (Å²) in [5.41, 5.74) is 2.72. The van der Waals surface area contributed by atoms with Gasteiger partial charge in [-0.2, -0.15) is 0 Å². The van der Waals surface area contributed by atoms with Crippen molar-refractivity contribution in [1.82, 2.24) is 9.47 Å². The van der Waals surface area contributed by atoms with E-state index in [4.69, 9.17) is 4.74 Å². The Hall–Kier alpha value is -1.84. The van der Waals surface area contributed by atoms with Crippen LogP contribution in [0.5, 0.6) is 0 Å². The summed E-state index contributed by atoms with van der Waals surface area (Å²) in [5.74, 6) is 0.659. The van der Waals surface area contributed by atoms with Gasteiger partial charge in [0, 0.05) is 41.4 Å². The molecule has 0 aliphatic carbocycles. The lowest BCUT2D eigenvalue weighted by atomic mass is 10.1. The van der Waals surface area contributed by atoms with Crippen LogP contribution in [0.2, 0.25) is 0 Å². The molecule has 1 atom stereocenters. The predicted molar refractivity (Wildman–Crippen MR) is 100 cm³/mol. The fourth-order valence-electron chi connectivity index (χ4n) is 3.83. The molecule has 2 heterocycles. The van der Waals surface area contributed by atoms with Crippen molar-refractivity contribution in [2.45, 2.75) is 19.9 Å².